The third kappa shape index (κ3) is 5.76. The van der Waals surface area contributed by atoms with E-state index in [0.29, 0.717) is 18.2 Å². The second kappa shape index (κ2) is 8.87. The van der Waals surface area contributed by atoms with E-state index in [1.54, 1.807) is 31.4 Å². The molecule has 0 aliphatic rings. The van der Waals surface area contributed by atoms with E-state index in [-0.39, 0.29) is 4.90 Å². The van der Waals surface area contributed by atoms with Gasteiger partial charge in [0, 0.05) is 31.6 Å². The molecule has 0 amide bonds. The van der Waals surface area contributed by atoms with Crippen molar-refractivity contribution < 1.29 is 13.2 Å². The van der Waals surface area contributed by atoms with Crippen LogP contribution in [0.3, 0.4) is 0 Å². The fraction of sp³-hybridized carbons (Fsp3) is 0.368. The Balaban J connectivity index is 2.00. The Morgan fingerprint density at radius 3 is 2.12 bits per heavy atom. The fourth-order valence-corrected chi connectivity index (χ4v) is 3.41. The first-order valence-electron chi connectivity index (χ1n) is 8.38. The fourth-order valence-electron chi connectivity index (χ4n) is 2.35. The highest BCUT2D eigenvalue weighted by molar-refractivity contribution is 7.92. The number of rotatable bonds is 9. The average molecular weight is 362 g/mol. The number of hydrogen-bond donors (Lipinski definition) is 2. The molecule has 2 N–H and O–H groups in total. The van der Waals surface area contributed by atoms with Gasteiger partial charge >= 0.3 is 0 Å². The molecule has 0 saturated carbocycles. The van der Waals surface area contributed by atoms with Crippen molar-refractivity contribution in [2.75, 3.05) is 30.3 Å². The van der Waals surface area contributed by atoms with Gasteiger partial charge < -0.3 is 10.1 Å². The standard InChI is InChI=1S/C19H26N2O3S/c1-15(2)16-5-11-19(12-6-16)25(22,23)21-18-9-7-17(8-10-18)20-13-4-14-24-3/h5-12,15,20-21H,4,13-14H2,1-3H3. The maximum absolute atomic E-state index is 12.5. The molecule has 25 heavy (non-hydrogen) atoms. The maximum Gasteiger partial charge on any atom is 0.261 e. The van der Waals surface area contributed by atoms with Gasteiger partial charge in [-0.25, -0.2) is 8.42 Å². The molecule has 2 aromatic rings. The number of methoxy groups -OCH3 is 1. The van der Waals surface area contributed by atoms with Gasteiger partial charge in [0.15, 0.2) is 0 Å². The van der Waals surface area contributed by atoms with Gasteiger partial charge in [-0.15, -0.1) is 0 Å². The quantitative estimate of drug-likeness (QED) is 0.660. The number of sulfonamides is 1. The van der Waals surface area contributed by atoms with Gasteiger partial charge in [-0.05, 0) is 54.3 Å². The largest absolute Gasteiger partial charge is 0.385 e. The second-order valence-corrected chi connectivity index (χ2v) is 7.86. The van der Waals surface area contributed by atoms with Crippen LogP contribution in [0.5, 0.6) is 0 Å². The molecule has 0 aromatic heterocycles. The van der Waals surface area contributed by atoms with Crippen LogP contribution < -0.4 is 10.0 Å². The number of ether oxygens (including phenoxy) is 1. The highest BCUT2D eigenvalue weighted by Crippen LogP contribution is 2.21. The summed E-state index contributed by atoms with van der Waals surface area (Å²) in [6, 6.07) is 14.2. The molecular formula is C19H26N2O3S. The topological polar surface area (TPSA) is 67.4 Å². The minimum Gasteiger partial charge on any atom is -0.385 e. The van der Waals surface area contributed by atoms with Crippen LogP contribution >= 0.6 is 0 Å². The van der Waals surface area contributed by atoms with Crippen molar-refractivity contribution in [3.8, 4) is 0 Å². The highest BCUT2D eigenvalue weighted by Gasteiger charge is 2.14. The zero-order valence-electron chi connectivity index (χ0n) is 15.0. The summed E-state index contributed by atoms with van der Waals surface area (Å²) in [4.78, 5) is 0.263. The van der Waals surface area contributed by atoms with Crippen LogP contribution in [0.15, 0.2) is 53.4 Å². The lowest BCUT2D eigenvalue weighted by molar-refractivity contribution is 0.198. The molecule has 0 spiro atoms. The van der Waals surface area contributed by atoms with E-state index in [0.717, 1.165) is 24.2 Å². The van der Waals surface area contributed by atoms with E-state index in [1.165, 1.54) is 0 Å². The smallest absolute Gasteiger partial charge is 0.261 e. The molecule has 0 saturated heterocycles. The van der Waals surface area contributed by atoms with Crippen molar-refractivity contribution in [3.05, 3.63) is 54.1 Å². The summed E-state index contributed by atoms with van der Waals surface area (Å²) >= 11 is 0. The van der Waals surface area contributed by atoms with Gasteiger partial charge in [-0.3, -0.25) is 4.72 Å². The first-order valence-corrected chi connectivity index (χ1v) is 9.86. The van der Waals surface area contributed by atoms with E-state index < -0.39 is 10.0 Å². The molecule has 0 heterocycles. The first kappa shape index (κ1) is 19.3. The lowest BCUT2D eigenvalue weighted by Crippen LogP contribution is -2.13. The van der Waals surface area contributed by atoms with Crippen LogP contribution in [-0.2, 0) is 14.8 Å². The monoisotopic (exact) mass is 362 g/mol. The van der Waals surface area contributed by atoms with Gasteiger partial charge in [0.05, 0.1) is 4.90 Å². The van der Waals surface area contributed by atoms with Crippen molar-refractivity contribution in [2.24, 2.45) is 0 Å². The van der Waals surface area contributed by atoms with Crippen molar-refractivity contribution in [2.45, 2.75) is 31.1 Å². The minimum atomic E-state index is -3.58. The van der Waals surface area contributed by atoms with E-state index in [2.05, 4.69) is 23.9 Å². The molecule has 0 atom stereocenters. The molecule has 0 bridgehead atoms. The number of benzene rings is 2. The summed E-state index contributed by atoms with van der Waals surface area (Å²) < 4.78 is 32.6. The summed E-state index contributed by atoms with van der Waals surface area (Å²) in [5, 5.41) is 3.26. The number of nitrogens with one attached hydrogen (secondary N) is 2. The predicted molar refractivity (Wildman–Crippen MR) is 103 cm³/mol. The SMILES string of the molecule is COCCCNc1ccc(NS(=O)(=O)c2ccc(C(C)C)cc2)cc1. The first-order chi connectivity index (χ1) is 11.9. The molecule has 0 unspecified atom stereocenters. The zero-order chi connectivity index (χ0) is 18.3. The van der Waals surface area contributed by atoms with Crippen LogP contribution in [0.4, 0.5) is 11.4 Å². The van der Waals surface area contributed by atoms with Gasteiger partial charge in [0.1, 0.15) is 0 Å². The predicted octanol–water partition coefficient (Wildman–Crippen LogP) is 4.06. The Morgan fingerprint density at radius 1 is 0.960 bits per heavy atom. The molecular weight excluding hydrogens is 336 g/mol. The average Bonchev–Trinajstić information content (AvgIpc) is 2.60. The third-order valence-corrected chi connectivity index (χ3v) is 5.25. The van der Waals surface area contributed by atoms with Crippen molar-refractivity contribution in [1.29, 1.82) is 0 Å². The lowest BCUT2D eigenvalue weighted by atomic mass is 10.0. The number of anilines is 2. The van der Waals surface area contributed by atoms with Crippen LogP contribution in [0, 0.1) is 0 Å². The van der Waals surface area contributed by atoms with Gasteiger partial charge in [-0.2, -0.15) is 0 Å². The van der Waals surface area contributed by atoms with Gasteiger partial charge in [0.25, 0.3) is 10.0 Å². The Bertz CT molecular complexity index is 754. The second-order valence-electron chi connectivity index (χ2n) is 6.18. The van der Waals surface area contributed by atoms with E-state index in [1.807, 2.05) is 24.3 Å². The molecule has 2 rings (SSSR count). The van der Waals surface area contributed by atoms with E-state index >= 15 is 0 Å². The molecule has 0 fully saturated rings. The Morgan fingerprint density at radius 2 is 1.56 bits per heavy atom. The Labute approximate surface area is 150 Å². The molecule has 0 radical (unpaired) electrons. The molecule has 0 aliphatic heterocycles. The Kier molecular flexibility index (Phi) is 6.84. The van der Waals surface area contributed by atoms with Crippen LogP contribution in [-0.4, -0.2) is 28.7 Å². The zero-order valence-corrected chi connectivity index (χ0v) is 15.8. The van der Waals surface area contributed by atoms with Crippen molar-refractivity contribution >= 4 is 21.4 Å². The van der Waals surface area contributed by atoms with Crippen LogP contribution in [0.1, 0.15) is 31.7 Å². The van der Waals surface area contributed by atoms with E-state index in [4.69, 9.17) is 4.74 Å². The van der Waals surface area contributed by atoms with E-state index in [9.17, 15) is 8.42 Å². The summed E-state index contributed by atoms with van der Waals surface area (Å²) in [6.45, 7) is 5.67. The minimum absolute atomic E-state index is 0.263. The molecule has 6 heteroatoms. The lowest BCUT2D eigenvalue weighted by Gasteiger charge is -2.11. The molecule has 5 nitrogen and oxygen atoms in total. The normalized spacial score (nSPS) is 11.5. The Hall–Kier alpha value is -2.05. The highest BCUT2D eigenvalue weighted by atomic mass is 32.2. The summed E-state index contributed by atoms with van der Waals surface area (Å²) in [6.07, 6.45) is 0.914. The molecule has 2 aromatic carbocycles. The van der Waals surface area contributed by atoms with Crippen molar-refractivity contribution in [1.82, 2.24) is 0 Å². The summed E-state index contributed by atoms with van der Waals surface area (Å²) in [5.41, 5.74) is 2.60. The van der Waals surface area contributed by atoms with Crippen LogP contribution in [0.2, 0.25) is 0 Å². The van der Waals surface area contributed by atoms with Gasteiger partial charge in [0.2, 0.25) is 0 Å². The third-order valence-electron chi connectivity index (χ3n) is 3.85. The summed E-state index contributed by atoms with van der Waals surface area (Å²) in [7, 11) is -1.90. The molecule has 0 aliphatic carbocycles. The molecule has 136 valence electrons. The van der Waals surface area contributed by atoms with Gasteiger partial charge in [-0.1, -0.05) is 26.0 Å². The summed E-state index contributed by atoms with van der Waals surface area (Å²) in [5.74, 6) is 0.369. The van der Waals surface area contributed by atoms with Crippen molar-refractivity contribution in [3.63, 3.8) is 0 Å². The maximum atomic E-state index is 12.5. The number of hydrogen-bond acceptors (Lipinski definition) is 4. The van der Waals surface area contributed by atoms with Crippen LogP contribution in [0.25, 0.3) is 0 Å².